The summed E-state index contributed by atoms with van der Waals surface area (Å²) < 4.78 is 12.3. The number of ether oxygens (including phenoxy) is 2. The van der Waals surface area contributed by atoms with Crippen LogP contribution in [0.4, 0.5) is 0 Å². The average molecular weight is 412 g/mol. The maximum absolute atomic E-state index is 5.73. The van der Waals surface area contributed by atoms with Crippen LogP contribution in [0.1, 0.15) is 70.6 Å². The Labute approximate surface area is 140 Å². The van der Waals surface area contributed by atoms with Gasteiger partial charge in [0, 0.05) is 13.2 Å². The summed E-state index contributed by atoms with van der Waals surface area (Å²) >= 11 is 6.76. The third kappa shape index (κ3) is 11.3. The predicted molar refractivity (Wildman–Crippen MR) is 92.4 cm³/mol. The fourth-order valence-corrected chi connectivity index (χ4v) is 2.86. The van der Waals surface area contributed by atoms with E-state index < -0.39 is 0 Å². The van der Waals surface area contributed by atoms with Crippen molar-refractivity contribution in [3.8, 4) is 0 Å². The summed E-state index contributed by atoms with van der Waals surface area (Å²) in [5.74, 6) is 0. The third-order valence-electron chi connectivity index (χ3n) is 3.59. The van der Waals surface area contributed by atoms with Crippen molar-refractivity contribution in [2.24, 2.45) is 0 Å². The lowest BCUT2D eigenvalue weighted by Crippen LogP contribution is -2.22. The summed E-state index contributed by atoms with van der Waals surface area (Å²) in [5, 5.41) is 0. The van der Waals surface area contributed by atoms with Crippen molar-refractivity contribution in [2.45, 2.75) is 76.9 Å². The SMILES string of the molecule is BrC(Br)=CCCCCCCCCCOC1CCCCO1. The van der Waals surface area contributed by atoms with E-state index in [0.717, 1.165) is 23.0 Å². The molecular weight excluding hydrogens is 384 g/mol. The average Bonchev–Trinajstić information content (AvgIpc) is 2.45. The van der Waals surface area contributed by atoms with Crippen molar-refractivity contribution >= 4 is 31.9 Å². The van der Waals surface area contributed by atoms with Gasteiger partial charge < -0.3 is 9.47 Å². The van der Waals surface area contributed by atoms with Crippen LogP contribution in [0.3, 0.4) is 0 Å². The molecular formula is C16H28Br2O2. The van der Waals surface area contributed by atoms with Crippen LogP contribution in [0.25, 0.3) is 0 Å². The monoisotopic (exact) mass is 410 g/mol. The Morgan fingerprint density at radius 2 is 1.70 bits per heavy atom. The van der Waals surface area contributed by atoms with E-state index in [1.165, 1.54) is 64.2 Å². The van der Waals surface area contributed by atoms with Gasteiger partial charge in [0.05, 0.1) is 3.39 Å². The lowest BCUT2D eigenvalue weighted by atomic mass is 10.1. The Kier molecular flexibility index (Phi) is 12.4. The number of rotatable bonds is 11. The van der Waals surface area contributed by atoms with Gasteiger partial charge >= 0.3 is 0 Å². The molecule has 1 aliphatic rings. The quantitative estimate of drug-likeness (QED) is 0.372. The maximum Gasteiger partial charge on any atom is 0.157 e. The van der Waals surface area contributed by atoms with Crippen LogP contribution >= 0.6 is 31.9 Å². The summed E-state index contributed by atoms with van der Waals surface area (Å²) in [4.78, 5) is 0. The molecule has 1 unspecified atom stereocenters. The lowest BCUT2D eigenvalue weighted by molar-refractivity contribution is -0.162. The van der Waals surface area contributed by atoms with Gasteiger partial charge in [0.25, 0.3) is 0 Å². The van der Waals surface area contributed by atoms with E-state index >= 15 is 0 Å². The van der Waals surface area contributed by atoms with Crippen LogP contribution in [0, 0.1) is 0 Å². The minimum absolute atomic E-state index is 0.0885. The highest BCUT2D eigenvalue weighted by atomic mass is 79.9. The summed E-state index contributed by atoms with van der Waals surface area (Å²) in [6.07, 6.45) is 16.1. The van der Waals surface area contributed by atoms with Crippen LogP contribution in [0.5, 0.6) is 0 Å². The Hall–Kier alpha value is 0.620. The second kappa shape index (κ2) is 13.3. The van der Waals surface area contributed by atoms with Gasteiger partial charge in [-0.25, -0.2) is 0 Å². The minimum Gasteiger partial charge on any atom is -0.353 e. The van der Waals surface area contributed by atoms with Gasteiger partial charge in [0.2, 0.25) is 0 Å². The predicted octanol–water partition coefficient (Wildman–Crippen LogP) is 6.28. The first-order valence-corrected chi connectivity index (χ1v) is 9.62. The first-order chi connectivity index (χ1) is 9.79. The van der Waals surface area contributed by atoms with Gasteiger partial charge in [-0.1, -0.05) is 38.2 Å². The summed E-state index contributed by atoms with van der Waals surface area (Å²) in [6.45, 7) is 1.75. The zero-order chi connectivity index (χ0) is 14.5. The van der Waals surface area contributed by atoms with Crippen LogP contribution in [-0.2, 0) is 9.47 Å². The number of halogens is 2. The van der Waals surface area contributed by atoms with E-state index in [0.29, 0.717) is 0 Å². The van der Waals surface area contributed by atoms with Crippen molar-refractivity contribution in [3.63, 3.8) is 0 Å². The molecule has 0 amide bonds. The highest BCUT2D eigenvalue weighted by molar-refractivity contribution is 9.28. The number of hydrogen-bond acceptors (Lipinski definition) is 2. The van der Waals surface area contributed by atoms with Crippen LogP contribution in [0.15, 0.2) is 9.47 Å². The molecule has 1 saturated heterocycles. The normalized spacial score (nSPS) is 19.0. The second-order valence-electron chi connectivity index (χ2n) is 5.42. The molecule has 0 radical (unpaired) electrons. The molecule has 0 N–H and O–H groups in total. The molecule has 0 aliphatic carbocycles. The molecule has 1 aliphatic heterocycles. The van der Waals surface area contributed by atoms with E-state index in [4.69, 9.17) is 9.47 Å². The zero-order valence-corrected chi connectivity index (χ0v) is 15.6. The molecule has 1 heterocycles. The van der Waals surface area contributed by atoms with Gasteiger partial charge in [0.15, 0.2) is 6.29 Å². The Bertz CT molecular complexity index is 247. The fraction of sp³-hybridized carbons (Fsp3) is 0.875. The van der Waals surface area contributed by atoms with Crippen molar-refractivity contribution in [2.75, 3.05) is 13.2 Å². The van der Waals surface area contributed by atoms with Crippen molar-refractivity contribution in [3.05, 3.63) is 9.47 Å². The Balaban J connectivity index is 1.75. The Morgan fingerprint density at radius 3 is 2.35 bits per heavy atom. The molecule has 4 heteroatoms. The maximum atomic E-state index is 5.73. The van der Waals surface area contributed by atoms with Crippen LogP contribution in [-0.4, -0.2) is 19.5 Å². The second-order valence-corrected chi connectivity index (χ2v) is 8.20. The molecule has 0 spiro atoms. The van der Waals surface area contributed by atoms with Crippen molar-refractivity contribution in [1.82, 2.24) is 0 Å². The molecule has 20 heavy (non-hydrogen) atoms. The molecule has 2 nitrogen and oxygen atoms in total. The topological polar surface area (TPSA) is 18.5 Å². The van der Waals surface area contributed by atoms with Gasteiger partial charge in [-0.05, 0) is 70.4 Å². The molecule has 0 aromatic rings. The minimum atomic E-state index is 0.0885. The largest absolute Gasteiger partial charge is 0.353 e. The molecule has 0 saturated carbocycles. The number of unbranched alkanes of at least 4 members (excludes halogenated alkanes) is 7. The molecule has 1 rings (SSSR count). The van der Waals surface area contributed by atoms with E-state index in [-0.39, 0.29) is 6.29 Å². The van der Waals surface area contributed by atoms with Crippen molar-refractivity contribution < 1.29 is 9.47 Å². The molecule has 118 valence electrons. The van der Waals surface area contributed by atoms with E-state index in [1.54, 1.807) is 0 Å². The molecule has 0 bridgehead atoms. The van der Waals surface area contributed by atoms with Crippen molar-refractivity contribution in [1.29, 1.82) is 0 Å². The van der Waals surface area contributed by atoms with E-state index in [9.17, 15) is 0 Å². The zero-order valence-electron chi connectivity index (χ0n) is 12.4. The molecule has 0 aromatic carbocycles. The van der Waals surface area contributed by atoms with Gasteiger partial charge in [0.1, 0.15) is 0 Å². The lowest BCUT2D eigenvalue weighted by Gasteiger charge is -2.22. The smallest absolute Gasteiger partial charge is 0.157 e. The van der Waals surface area contributed by atoms with Crippen LogP contribution < -0.4 is 0 Å². The number of allylic oxidation sites excluding steroid dienone is 1. The Morgan fingerprint density at radius 1 is 1.00 bits per heavy atom. The number of hydrogen-bond donors (Lipinski definition) is 0. The molecule has 0 aromatic heterocycles. The summed E-state index contributed by atoms with van der Waals surface area (Å²) in [5.41, 5.74) is 0. The highest BCUT2D eigenvalue weighted by Crippen LogP contribution is 2.16. The summed E-state index contributed by atoms with van der Waals surface area (Å²) in [7, 11) is 0. The van der Waals surface area contributed by atoms with Gasteiger partial charge in [-0.15, -0.1) is 0 Å². The third-order valence-corrected chi connectivity index (χ3v) is 4.24. The van der Waals surface area contributed by atoms with Gasteiger partial charge in [-0.2, -0.15) is 0 Å². The van der Waals surface area contributed by atoms with E-state index in [1.807, 2.05) is 0 Å². The fourth-order valence-electron chi connectivity index (χ4n) is 2.40. The summed E-state index contributed by atoms with van der Waals surface area (Å²) in [6, 6.07) is 0. The first kappa shape index (κ1) is 18.7. The highest BCUT2D eigenvalue weighted by Gasteiger charge is 2.13. The standard InChI is InChI=1S/C16H28Br2O2/c17-15(18)11-7-5-3-1-2-4-6-9-13-19-16-12-8-10-14-20-16/h11,16H,1-10,12-14H2. The van der Waals surface area contributed by atoms with Crippen LogP contribution in [0.2, 0.25) is 0 Å². The van der Waals surface area contributed by atoms with Gasteiger partial charge in [-0.3, -0.25) is 0 Å². The molecule has 1 fully saturated rings. The molecule has 1 atom stereocenters. The first-order valence-electron chi connectivity index (χ1n) is 8.03. The van der Waals surface area contributed by atoms with E-state index in [2.05, 4.69) is 37.9 Å².